The maximum atomic E-state index is 12.8. The summed E-state index contributed by atoms with van der Waals surface area (Å²) < 4.78 is 27.1. The zero-order chi connectivity index (χ0) is 15.7. The molecule has 1 aromatic carbocycles. The first-order valence-electron chi connectivity index (χ1n) is 7.57. The van der Waals surface area contributed by atoms with Crippen molar-refractivity contribution in [1.82, 2.24) is 4.31 Å². The summed E-state index contributed by atoms with van der Waals surface area (Å²) in [6, 6.07) is 6.71. The average Bonchev–Trinajstić information content (AvgIpc) is 2.64. The van der Waals surface area contributed by atoms with Crippen LogP contribution in [0.2, 0.25) is 0 Å². The van der Waals surface area contributed by atoms with E-state index in [2.05, 4.69) is 20.8 Å². The quantitative estimate of drug-likeness (QED) is 0.854. The molecule has 1 aliphatic rings. The highest BCUT2D eigenvalue weighted by Gasteiger charge is 2.32. The molecule has 21 heavy (non-hydrogen) atoms. The summed E-state index contributed by atoms with van der Waals surface area (Å²) in [5, 5.41) is 0. The van der Waals surface area contributed by atoms with Gasteiger partial charge in [-0.1, -0.05) is 32.9 Å². The van der Waals surface area contributed by atoms with Gasteiger partial charge in [0.25, 0.3) is 0 Å². The minimum absolute atomic E-state index is 0.228. The number of nitrogens with zero attached hydrogens (tertiary/aromatic N) is 1. The van der Waals surface area contributed by atoms with E-state index in [0.717, 1.165) is 19.3 Å². The van der Waals surface area contributed by atoms with Gasteiger partial charge in [-0.25, -0.2) is 8.42 Å². The summed E-state index contributed by atoms with van der Waals surface area (Å²) in [7, 11) is -3.48. The van der Waals surface area contributed by atoms with Crippen molar-refractivity contribution < 1.29 is 8.42 Å². The standard InChI is InChI=1S/C16H26N2O2S/c1-16(2,3)13-7-6-11-18(12-10-13)21(19,20)15-9-5-4-8-14(15)17/h4-5,8-9,13H,6-7,10-12,17H2,1-3H3. The van der Waals surface area contributed by atoms with Gasteiger partial charge in [0.2, 0.25) is 10.0 Å². The van der Waals surface area contributed by atoms with E-state index in [0.29, 0.717) is 24.7 Å². The van der Waals surface area contributed by atoms with E-state index in [-0.39, 0.29) is 10.3 Å². The van der Waals surface area contributed by atoms with Crippen molar-refractivity contribution in [3.8, 4) is 0 Å². The lowest BCUT2D eigenvalue weighted by Crippen LogP contribution is -2.33. The van der Waals surface area contributed by atoms with E-state index in [1.165, 1.54) is 0 Å². The van der Waals surface area contributed by atoms with Gasteiger partial charge in [0, 0.05) is 13.1 Å². The molecule has 5 heteroatoms. The predicted octanol–water partition coefficient (Wildman–Crippen LogP) is 3.11. The second kappa shape index (κ2) is 5.97. The number of anilines is 1. The molecule has 2 rings (SSSR count). The van der Waals surface area contributed by atoms with Gasteiger partial charge in [-0.3, -0.25) is 0 Å². The lowest BCUT2D eigenvalue weighted by Gasteiger charge is -2.29. The monoisotopic (exact) mass is 310 g/mol. The molecule has 0 aromatic heterocycles. The second-order valence-electron chi connectivity index (χ2n) is 6.94. The van der Waals surface area contributed by atoms with Crippen LogP contribution < -0.4 is 5.73 Å². The Morgan fingerprint density at radius 3 is 2.43 bits per heavy atom. The van der Waals surface area contributed by atoms with E-state index in [1.807, 2.05) is 0 Å². The molecule has 1 saturated heterocycles. The Bertz CT molecular complexity index is 591. The molecule has 1 unspecified atom stereocenters. The number of para-hydroxylation sites is 1. The molecule has 2 N–H and O–H groups in total. The van der Waals surface area contributed by atoms with Crippen LogP contribution in [0.15, 0.2) is 29.2 Å². The number of hydrogen-bond donors (Lipinski definition) is 1. The zero-order valence-corrected chi connectivity index (χ0v) is 14.0. The Labute approximate surface area is 128 Å². The predicted molar refractivity (Wildman–Crippen MR) is 86.4 cm³/mol. The van der Waals surface area contributed by atoms with Gasteiger partial charge in [0.05, 0.1) is 5.69 Å². The average molecular weight is 310 g/mol. The lowest BCUT2D eigenvalue weighted by atomic mass is 9.77. The van der Waals surface area contributed by atoms with Gasteiger partial charge in [0.15, 0.2) is 0 Å². The van der Waals surface area contributed by atoms with Crippen LogP contribution in [-0.4, -0.2) is 25.8 Å². The van der Waals surface area contributed by atoms with Crippen molar-refractivity contribution in [2.24, 2.45) is 11.3 Å². The highest BCUT2D eigenvalue weighted by molar-refractivity contribution is 7.89. The molecular formula is C16H26N2O2S. The van der Waals surface area contributed by atoms with Gasteiger partial charge in [-0.05, 0) is 42.7 Å². The van der Waals surface area contributed by atoms with Gasteiger partial charge in [0.1, 0.15) is 4.90 Å². The molecule has 0 radical (unpaired) electrons. The fraction of sp³-hybridized carbons (Fsp3) is 0.625. The molecule has 0 amide bonds. The van der Waals surface area contributed by atoms with Crippen LogP contribution in [0.4, 0.5) is 5.69 Å². The van der Waals surface area contributed by atoms with E-state index in [4.69, 9.17) is 5.73 Å². The van der Waals surface area contributed by atoms with Gasteiger partial charge in [-0.15, -0.1) is 0 Å². The van der Waals surface area contributed by atoms with Crippen molar-refractivity contribution in [3.63, 3.8) is 0 Å². The van der Waals surface area contributed by atoms with E-state index >= 15 is 0 Å². The molecule has 1 fully saturated rings. The number of nitrogen functional groups attached to an aromatic ring is 1. The summed E-state index contributed by atoms with van der Waals surface area (Å²) in [6.07, 6.45) is 2.91. The molecule has 0 aliphatic carbocycles. The van der Waals surface area contributed by atoms with Crippen LogP contribution in [0, 0.1) is 11.3 Å². The fourth-order valence-electron chi connectivity index (χ4n) is 3.03. The normalized spacial score (nSPS) is 22.0. The van der Waals surface area contributed by atoms with Crippen LogP contribution in [-0.2, 0) is 10.0 Å². The largest absolute Gasteiger partial charge is 0.398 e. The first kappa shape index (κ1) is 16.3. The molecule has 0 bridgehead atoms. The summed E-state index contributed by atoms with van der Waals surface area (Å²) in [4.78, 5) is 0.235. The molecule has 1 atom stereocenters. The van der Waals surface area contributed by atoms with Crippen molar-refractivity contribution >= 4 is 15.7 Å². The Kier molecular flexibility index (Phi) is 4.63. The molecule has 0 spiro atoms. The Morgan fingerprint density at radius 1 is 1.14 bits per heavy atom. The first-order chi connectivity index (χ1) is 9.73. The van der Waals surface area contributed by atoms with Crippen LogP contribution >= 0.6 is 0 Å². The Balaban J connectivity index is 2.21. The third-order valence-corrected chi connectivity index (χ3v) is 6.42. The number of sulfonamides is 1. The Hall–Kier alpha value is -1.07. The SMILES string of the molecule is CC(C)(C)C1CCCN(S(=O)(=O)c2ccccc2N)CC1. The van der Waals surface area contributed by atoms with Gasteiger partial charge >= 0.3 is 0 Å². The molecule has 1 heterocycles. The van der Waals surface area contributed by atoms with Crippen molar-refractivity contribution in [2.75, 3.05) is 18.8 Å². The second-order valence-corrected chi connectivity index (χ2v) is 8.84. The van der Waals surface area contributed by atoms with Crippen molar-refractivity contribution in [3.05, 3.63) is 24.3 Å². The minimum atomic E-state index is -3.48. The van der Waals surface area contributed by atoms with Crippen LogP contribution in [0.3, 0.4) is 0 Å². The highest BCUT2D eigenvalue weighted by Crippen LogP contribution is 2.35. The number of nitrogens with two attached hydrogens (primary N) is 1. The van der Waals surface area contributed by atoms with Crippen LogP contribution in [0.5, 0.6) is 0 Å². The van der Waals surface area contributed by atoms with E-state index < -0.39 is 10.0 Å². The minimum Gasteiger partial charge on any atom is -0.398 e. The number of benzene rings is 1. The lowest BCUT2D eigenvalue weighted by molar-refractivity contribution is 0.217. The molecule has 118 valence electrons. The summed E-state index contributed by atoms with van der Waals surface area (Å²) in [5.41, 5.74) is 6.40. The van der Waals surface area contributed by atoms with Crippen molar-refractivity contribution in [2.45, 2.75) is 44.9 Å². The Morgan fingerprint density at radius 2 is 1.81 bits per heavy atom. The zero-order valence-electron chi connectivity index (χ0n) is 13.2. The maximum absolute atomic E-state index is 12.8. The summed E-state index contributed by atoms with van der Waals surface area (Å²) in [6.45, 7) is 7.87. The van der Waals surface area contributed by atoms with Gasteiger partial charge in [-0.2, -0.15) is 4.31 Å². The van der Waals surface area contributed by atoms with E-state index in [1.54, 1.807) is 28.6 Å². The number of rotatable bonds is 2. The smallest absolute Gasteiger partial charge is 0.245 e. The summed E-state index contributed by atoms with van der Waals surface area (Å²) >= 11 is 0. The van der Waals surface area contributed by atoms with Gasteiger partial charge < -0.3 is 5.73 Å². The first-order valence-corrected chi connectivity index (χ1v) is 9.01. The summed E-state index contributed by atoms with van der Waals surface area (Å²) in [5.74, 6) is 0.561. The topological polar surface area (TPSA) is 63.4 Å². The van der Waals surface area contributed by atoms with Crippen molar-refractivity contribution in [1.29, 1.82) is 0 Å². The third kappa shape index (κ3) is 3.58. The van der Waals surface area contributed by atoms with E-state index in [9.17, 15) is 8.42 Å². The highest BCUT2D eigenvalue weighted by atomic mass is 32.2. The molecular weight excluding hydrogens is 284 g/mol. The maximum Gasteiger partial charge on any atom is 0.245 e. The fourth-order valence-corrected chi connectivity index (χ4v) is 4.64. The molecule has 0 saturated carbocycles. The van der Waals surface area contributed by atoms with Crippen LogP contribution in [0.1, 0.15) is 40.0 Å². The number of hydrogen-bond acceptors (Lipinski definition) is 3. The third-order valence-electron chi connectivity index (χ3n) is 4.45. The molecule has 1 aromatic rings. The molecule has 4 nitrogen and oxygen atoms in total. The molecule has 1 aliphatic heterocycles. The van der Waals surface area contributed by atoms with Crippen LogP contribution in [0.25, 0.3) is 0 Å².